The number of phenolic OH excluding ortho intramolecular Hbond substituents is 1. The summed E-state index contributed by atoms with van der Waals surface area (Å²) in [5.41, 5.74) is 2.36. The molecule has 1 N–H and O–H groups in total. The van der Waals surface area contributed by atoms with Gasteiger partial charge in [-0.3, -0.25) is 9.36 Å². The van der Waals surface area contributed by atoms with Crippen LogP contribution < -0.4 is 24.4 Å². The summed E-state index contributed by atoms with van der Waals surface area (Å²) >= 11 is 1.21. The molecule has 1 atom stereocenters. The number of ether oxygens (including phenoxy) is 3. The van der Waals surface area contributed by atoms with Crippen LogP contribution in [-0.4, -0.2) is 36.5 Å². The molecule has 0 aliphatic carbocycles. The van der Waals surface area contributed by atoms with E-state index in [1.165, 1.54) is 23.0 Å². The third kappa shape index (κ3) is 4.96. The van der Waals surface area contributed by atoms with Crippen molar-refractivity contribution in [3.8, 4) is 17.2 Å². The first-order chi connectivity index (χ1) is 18.9. The van der Waals surface area contributed by atoms with Crippen LogP contribution in [0, 0.1) is 0 Å². The Bertz CT molecular complexity index is 1750. The van der Waals surface area contributed by atoms with E-state index in [1.807, 2.05) is 30.3 Å². The molecule has 4 aromatic rings. The molecule has 1 aliphatic heterocycles. The van der Waals surface area contributed by atoms with Gasteiger partial charge in [-0.15, -0.1) is 0 Å². The molecule has 0 radical (unpaired) electrons. The fourth-order valence-electron chi connectivity index (χ4n) is 4.54. The Morgan fingerprint density at radius 2 is 1.79 bits per heavy atom. The zero-order valence-corrected chi connectivity index (χ0v) is 22.4. The van der Waals surface area contributed by atoms with Crippen molar-refractivity contribution < 1.29 is 24.1 Å². The topological polar surface area (TPSA) is 99.4 Å². The zero-order valence-electron chi connectivity index (χ0n) is 21.6. The highest BCUT2D eigenvalue weighted by atomic mass is 32.1. The molecule has 1 aliphatic rings. The number of aromatic hydroxyl groups is 1. The summed E-state index contributed by atoms with van der Waals surface area (Å²) in [7, 11) is 3.07. The summed E-state index contributed by atoms with van der Waals surface area (Å²) in [5.74, 6) is 0.499. The predicted octanol–water partition coefficient (Wildman–Crippen LogP) is 3.66. The van der Waals surface area contributed by atoms with Gasteiger partial charge in [0, 0.05) is 5.56 Å². The van der Waals surface area contributed by atoms with Crippen molar-refractivity contribution >= 4 is 29.1 Å². The molecule has 1 aromatic heterocycles. The second-order valence-corrected chi connectivity index (χ2v) is 9.65. The Kier molecular flexibility index (Phi) is 7.33. The Hall–Kier alpha value is -4.63. The van der Waals surface area contributed by atoms with E-state index in [-0.39, 0.29) is 23.5 Å². The Morgan fingerprint density at radius 3 is 2.49 bits per heavy atom. The number of methoxy groups -OCH3 is 2. The third-order valence-electron chi connectivity index (χ3n) is 6.26. The van der Waals surface area contributed by atoms with Gasteiger partial charge in [-0.1, -0.05) is 59.9 Å². The average Bonchev–Trinajstić information content (AvgIpc) is 3.26. The minimum absolute atomic E-state index is 0.0932. The van der Waals surface area contributed by atoms with Gasteiger partial charge < -0.3 is 19.3 Å². The summed E-state index contributed by atoms with van der Waals surface area (Å²) in [4.78, 5) is 32.7. The number of carbonyl (C=O) groups is 1. The SMILES string of the molecule is CCOC(=O)C1=C(c2ccccc2)N=c2s/c(=C\c3cccc(O)c3)c(=O)n2[C@H]1c1ccc(OC)c(OC)c1. The van der Waals surface area contributed by atoms with Gasteiger partial charge in [-0.25, -0.2) is 9.79 Å². The largest absolute Gasteiger partial charge is 0.508 e. The number of aromatic nitrogens is 1. The predicted molar refractivity (Wildman–Crippen MR) is 149 cm³/mol. The number of esters is 1. The van der Waals surface area contributed by atoms with E-state index < -0.39 is 12.0 Å². The molecule has 5 rings (SSSR count). The van der Waals surface area contributed by atoms with E-state index in [4.69, 9.17) is 19.2 Å². The molecule has 0 saturated carbocycles. The summed E-state index contributed by atoms with van der Waals surface area (Å²) in [6, 6.07) is 20.4. The van der Waals surface area contributed by atoms with Crippen LogP contribution in [0.3, 0.4) is 0 Å². The fourth-order valence-corrected chi connectivity index (χ4v) is 5.55. The van der Waals surface area contributed by atoms with Crippen molar-refractivity contribution in [1.29, 1.82) is 0 Å². The number of fused-ring (bicyclic) bond motifs is 1. The molecule has 198 valence electrons. The number of hydrogen-bond donors (Lipinski definition) is 1. The highest BCUT2D eigenvalue weighted by Gasteiger charge is 2.35. The monoisotopic (exact) mass is 542 g/mol. The molecule has 9 heteroatoms. The second-order valence-electron chi connectivity index (χ2n) is 8.64. The summed E-state index contributed by atoms with van der Waals surface area (Å²) in [6.07, 6.45) is 1.70. The standard InChI is InChI=1S/C30H26N2O6S/c1-4-38-29(35)25-26(19-10-6-5-7-11-19)31-30-32(27(25)20-13-14-22(36-2)23(17-20)37-3)28(34)24(39-30)16-18-9-8-12-21(33)15-18/h5-17,27,33H,4H2,1-3H3/b24-16-/t27-/m0/s1. The van der Waals surface area contributed by atoms with Gasteiger partial charge in [0.15, 0.2) is 16.3 Å². The van der Waals surface area contributed by atoms with E-state index in [9.17, 15) is 14.7 Å². The van der Waals surface area contributed by atoms with Crippen LogP contribution >= 0.6 is 11.3 Å². The molecular weight excluding hydrogens is 516 g/mol. The maximum absolute atomic E-state index is 13.9. The van der Waals surface area contributed by atoms with Gasteiger partial charge in [-0.05, 0) is 48.4 Å². The number of nitrogens with zero attached hydrogens (tertiary/aromatic N) is 2. The number of thiazole rings is 1. The van der Waals surface area contributed by atoms with Gasteiger partial charge in [0.05, 0.1) is 42.7 Å². The molecule has 0 amide bonds. The van der Waals surface area contributed by atoms with Gasteiger partial charge in [0.2, 0.25) is 0 Å². The molecule has 0 spiro atoms. The maximum Gasteiger partial charge on any atom is 0.338 e. The van der Waals surface area contributed by atoms with Crippen LogP contribution in [0.15, 0.2) is 88.2 Å². The van der Waals surface area contributed by atoms with Crippen molar-refractivity contribution in [3.05, 3.63) is 115 Å². The lowest BCUT2D eigenvalue weighted by Crippen LogP contribution is -2.40. The number of carbonyl (C=O) groups excluding carboxylic acids is 1. The summed E-state index contributed by atoms with van der Waals surface area (Å²) in [6.45, 7) is 1.89. The fraction of sp³-hybridized carbons (Fsp3) is 0.167. The van der Waals surface area contributed by atoms with Crippen LogP contribution in [0.25, 0.3) is 11.8 Å². The molecule has 0 unspecified atom stereocenters. The second kappa shape index (κ2) is 11.0. The minimum atomic E-state index is -0.846. The Balaban J connectivity index is 1.85. The van der Waals surface area contributed by atoms with Crippen molar-refractivity contribution in [3.63, 3.8) is 0 Å². The lowest BCUT2D eigenvalue weighted by molar-refractivity contribution is -0.138. The van der Waals surface area contributed by atoms with Crippen LogP contribution in [-0.2, 0) is 9.53 Å². The van der Waals surface area contributed by atoms with Gasteiger partial charge in [-0.2, -0.15) is 0 Å². The molecule has 39 heavy (non-hydrogen) atoms. The first-order valence-electron chi connectivity index (χ1n) is 12.2. The van der Waals surface area contributed by atoms with Gasteiger partial charge in [0.1, 0.15) is 5.75 Å². The number of hydrogen-bond acceptors (Lipinski definition) is 8. The van der Waals surface area contributed by atoms with Crippen molar-refractivity contribution in [2.45, 2.75) is 13.0 Å². The van der Waals surface area contributed by atoms with Crippen LogP contribution in [0.1, 0.15) is 29.7 Å². The molecule has 8 nitrogen and oxygen atoms in total. The van der Waals surface area contributed by atoms with E-state index in [0.717, 1.165) is 5.56 Å². The summed E-state index contributed by atoms with van der Waals surface area (Å²) in [5, 5.41) is 9.91. The van der Waals surface area contributed by atoms with Crippen molar-refractivity contribution in [2.24, 2.45) is 4.99 Å². The smallest absolute Gasteiger partial charge is 0.338 e. The van der Waals surface area contributed by atoms with E-state index in [0.29, 0.717) is 37.7 Å². The third-order valence-corrected chi connectivity index (χ3v) is 7.25. The number of benzene rings is 3. The molecule has 0 fully saturated rings. The molecule has 0 bridgehead atoms. The maximum atomic E-state index is 13.9. The van der Waals surface area contributed by atoms with Crippen LogP contribution in [0.5, 0.6) is 17.2 Å². The molecular formula is C30H26N2O6S. The lowest BCUT2D eigenvalue weighted by Gasteiger charge is -2.26. The van der Waals surface area contributed by atoms with Crippen LogP contribution in [0.2, 0.25) is 0 Å². The quantitative estimate of drug-likeness (QED) is 0.358. The van der Waals surface area contributed by atoms with E-state index in [1.54, 1.807) is 62.6 Å². The van der Waals surface area contributed by atoms with Crippen LogP contribution in [0.4, 0.5) is 0 Å². The summed E-state index contributed by atoms with van der Waals surface area (Å²) < 4.78 is 18.4. The first-order valence-corrected chi connectivity index (χ1v) is 13.1. The highest BCUT2D eigenvalue weighted by molar-refractivity contribution is 7.07. The normalized spacial score (nSPS) is 14.9. The van der Waals surface area contributed by atoms with E-state index >= 15 is 0 Å². The zero-order chi connectivity index (χ0) is 27.5. The number of rotatable bonds is 7. The van der Waals surface area contributed by atoms with Gasteiger partial charge in [0.25, 0.3) is 5.56 Å². The minimum Gasteiger partial charge on any atom is -0.508 e. The molecule has 0 saturated heterocycles. The van der Waals surface area contributed by atoms with Gasteiger partial charge >= 0.3 is 5.97 Å². The van der Waals surface area contributed by atoms with E-state index in [2.05, 4.69) is 0 Å². The van der Waals surface area contributed by atoms with Crippen molar-refractivity contribution in [2.75, 3.05) is 20.8 Å². The Morgan fingerprint density at radius 1 is 1.03 bits per heavy atom. The van der Waals surface area contributed by atoms with Crippen molar-refractivity contribution in [1.82, 2.24) is 4.57 Å². The average molecular weight is 543 g/mol. The molecule has 2 heterocycles. The first kappa shape index (κ1) is 26.0. The molecule has 3 aromatic carbocycles. The lowest BCUT2D eigenvalue weighted by atomic mass is 9.93. The number of phenols is 1. The highest BCUT2D eigenvalue weighted by Crippen LogP contribution is 2.38. The Labute approximate surface area is 228 Å².